The number of benzene rings is 2. The first-order chi connectivity index (χ1) is 11.7. The number of rotatable bonds is 0. The quantitative estimate of drug-likeness (QED) is 0.598. The van der Waals surface area contributed by atoms with Crippen molar-refractivity contribution >= 4 is 10.9 Å². The van der Waals surface area contributed by atoms with Gasteiger partial charge in [-0.3, -0.25) is 9.36 Å². The topological polar surface area (TPSA) is 44.1 Å². The lowest BCUT2D eigenvalue weighted by Gasteiger charge is -2.18. The number of fused-ring (bicyclic) bond motifs is 2. The number of aromatic nitrogens is 2. The van der Waals surface area contributed by atoms with Gasteiger partial charge in [0.25, 0.3) is 5.56 Å². The molecule has 0 fully saturated rings. The van der Waals surface area contributed by atoms with Gasteiger partial charge < -0.3 is 4.74 Å². The maximum Gasteiger partial charge on any atom is 0.261 e. The second kappa shape index (κ2) is 5.91. The molecule has 0 N–H and O–H groups in total. The van der Waals surface area contributed by atoms with E-state index in [1.165, 1.54) is 12.1 Å². The third-order valence-corrected chi connectivity index (χ3v) is 3.92. The summed E-state index contributed by atoms with van der Waals surface area (Å²) in [5.41, 5.74) is 2.04. The average molecular weight is 320 g/mol. The van der Waals surface area contributed by atoms with E-state index in [1.54, 1.807) is 34.9 Å². The van der Waals surface area contributed by atoms with Gasteiger partial charge in [0.2, 0.25) is 0 Å². The van der Waals surface area contributed by atoms with Crippen LogP contribution in [0.5, 0.6) is 0 Å². The van der Waals surface area contributed by atoms with Crippen molar-refractivity contribution in [3.63, 3.8) is 0 Å². The third-order valence-electron chi connectivity index (χ3n) is 3.92. The fourth-order valence-corrected chi connectivity index (χ4v) is 2.68. The Bertz CT molecular complexity index is 1040. The molecule has 0 saturated heterocycles. The molecule has 4 rings (SSSR count). The van der Waals surface area contributed by atoms with E-state index in [0.717, 1.165) is 11.1 Å². The Kier molecular flexibility index (Phi) is 3.60. The van der Waals surface area contributed by atoms with Crippen molar-refractivity contribution < 1.29 is 9.13 Å². The minimum absolute atomic E-state index is 0.0451. The van der Waals surface area contributed by atoms with Crippen LogP contribution in [-0.2, 0) is 17.9 Å². The van der Waals surface area contributed by atoms with Crippen molar-refractivity contribution in [2.75, 3.05) is 6.61 Å². The molecule has 118 valence electrons. The summed E-state index contributed by atoms with van der Waals surface area (Å²) in [6.07, 6.45) is 0. The van der Waals surface area contributed by atoms with Crippen LogP contribution in [-0.4, -0.2) is 16.2 Å². The van der Waals surface area contributed by atoms with Gasteiger partial charge in [0.05, 0.1) is 24.1 Å². The van der Waals surface area contributed by atoms with Gasteiger partial charge in [-0.15, -0.1) is 0 Å². The summed E-state index contributed by atoms with van der Waals surface area (Å²) >= 11 is 0. The fraction of sp³-hybridized carbons (Fsp3) is 0.158. The van der Waals surface area contributed by atoms with Crippen molar-refractivity contribution in [2.24, 2.45) is 0 Å². The number of halogens is 1. The molecule has 0 atom stereocenters. The van der Waals surface area contributed by atoms with E-state index in [0.29, 0.717) is 36.5 Å². The van der Waals surface area contributed by atoms with Crippen molar-refractivity contribution in [3.05, 3.63) is 75.6 Å². The molecule has 3 aromatic rings. The maximum absolute atomic E-state index is 12.9. The molecule has 1 aliphatic rings. The Morgan fingerprint density at radius 2 is 1.83 bits per heavy atom. The van der Waals surface area contributed by atoms with Crippen LogP contribution in [0, 0.1) is 17.7 Å². The molecule has 1 aliphatic heterocycles. The Morgan fingerprint density at radius 3 is 2.67 bits per heavy atom. The summed E-state index contributed by atoms with van der Waals surface area (Å²) in [6.45, 7) is 1.40. The van der Waals surface area contributed by atoms with Gasteiger partial charge in [0, 0.05) is 11.1 Å². The van der Waals surface area contributed by atoms with E-state index < -0.39 is 0 Å². The zero-order valence-electron chi connectivity index (χ0n) is 12.8. The normalized spacial score (nSPS) is 13.2. The first-order valence-corrected chi connectivity index (χ1v) is 7.59. The predicted octanol–water partition coefficient (Wildman–Crippen LogP) is 2.47. The van der Waals surface area contributed by atoms with Gasteiger partial charge >= 0.3 is 0 Å². The minimum atomic E-state index is -0.289. The van der Waals surface area contributed by atoms with Crippen molar-refractivity contribution in [2.45, 2.75) is 13.2 Å². The lowest BCUT2D eigenvalue weighted by Crippen LogP contribution is -2.31. The van der Waals surface area contributed by atoms with Crippen LogP contribution in [0.1, 0.15) is 17.0 Å². The highest BCUT2D eigenvalue weighted by atomic mass is 19.1. The Morgan fingerprint density at radius 1 is 1.08 bits per heavy atom. The van der Waals surface area contributed by atoms with Crippen LogP contribution in [0.3, 0.4) is 0 Å². The molecule has 0 aliphatic carbocycles. The molecule has 0 spiro atoms. The molecule has 24 heavy (non-hydrogen) atoms. The first kappa shape index (κ1) is 14.6. The molecule has 4 nitrogen and oxygen atoms in total. The molecule has 0 saturated carbocycles. The monoisotopic (exact) mass is 320 g/mol. The summed E-state index contributed by atoms with van der Waals surface area (Å²) in [4.78, 5) is 17.0. The van der Waals surface area contributed by atoms with Crippen LogP contribution >= 0.6 is 0 Å². The van der Waals surface area contributed by atoms with Gasteiger partial charge in [-0.1, -0.05) is 11.8 Å². The summed E-state index contributed by atoms with van der Waals surface area (Å²) in [5.74, 6) is 6.35. The number of hydrogen-bond donors (Lipinski definition) is 0. The highest BCUT2D eigenvalue weighted by molar-refractivity contribution is 5.79. The molecule has 1 aromatic heterocycles. The average Bonchev–Trinajstić information content (AvgIpc) is 2.61. The second-order valence-corrected chi connectivity index (χ2v) is 5.53. The molecule has 2 heterocycles. The van der Waals surface area contributed by atoms with Gasteiger partial charge in [-0.25, -0.2) is 9.37 Å². The lowest BCUT2D eigenvalue weighted by atomic mass is 10.1. The molecule has 0 bridgehead atoms. The molecular weight excluding hydrogens is 307 g/mol. The number of nitrogens with zero attached hydrogens (tertiary/aromatic N) is 2. The maximum atomic E-state index is 12.9. The zero-order chi connectivity index (χ0) is 16.5. The Balaban J connectivity index is 1.76. The SMILES string of the molecule is O=c1c2ccc(C#Cc3ccc(F)cc3)cc2nc2n1CCOC2. The van der Waals surface area contributed by atoms with E-state index in [2.05, 4.69) is 16.8 Å². The van der Waals surface area contributed by atoms with E-state index in [1.807, 2.05) is 0 Å². The van der Waals surface area contributed by atoms with Gasteiger partial charge in [-0.2, -0.15) is 0 Å². The first-order valence-electron chi connectivity index (χ1n) is 7.59. The van der Waals surface area contributed by atoms with Crippen LogP contribution in [0.15, 0.2) is 47.3 Å². The van der Waals surface area contributed by atoms with Crippen LogP contribution in [0.2, 0.25) is 0 Å². The summed E-state index contributed by atoms with van der Waals surface area (Å²) in [5, 5.41) is 0.577. The molecule has 5 heteroatoms. The van der Waals surface area contributed by atoms with Gasteiger partial charge in [-0.05, 0) is 42.5 Å². The van der Waals surface area contributed by atoms with Crippen LogP contribution in [0.25, 0.3) is 10.9 Å². The van der Waals surface area contributed by atoms with Crippen molar-refractivity contribution in [1.82, 2.24) is 9.55 Å². The summed E-state index contributed by atoms with van der Waals surface area (Å²) in [6, 6.07) is 11.3. The van der Waals surface area contributed by atoms with Crippen LogP contribution < -0.4 is 5.56 Å². The number of ether oxygens (including phenoxy) is 1. The van der Waals surface area contributed by atoms with Gasteiger partial charge in [0.15, 0.2) is 0 Å². The highest BCUT2D eigenvalue weighted by Gasteiger charge is 2.14. The summed E-state index contributed by atoms with van der Waals surface area (Å²) < 4.78 is 19.9. The minimum Gasteiger partial charge on any atom is -0.372 e. The zero-order valence-corrected chi connectivity index (χ0v) is 12.8. The molecule has 0 unspecified atom stereocenters. The largest absolute Gasteiger partial charge is 0.372 e. The van der Waals surface area contributed by atoms with E-state index in [-0.39, 0.29) is 11.4 Å². The second-order valence-electron chi connectivity index (χ2n) is 5.53. The fourth-order valence-electron chi connectivity index (χ4n) is 2.68. The van der Waals surface area contributed by atoms with E-state index in [9.17, 15) is 9.18 Å². The predicted molar refractivity (Wildman–Crippen MR) is 88.0 cm³/mol. The highest BCUT2D eigenvalue weighted by Crippen LogP contribution is 2.13. The Hall–Kier alpha value is -2.97. The molecular formula is C19H13FN2O2. The molecule has 0 radical (unpaired) electrons. The lowest BCUT2D eigenvalue weighted by molar-refractivity contribution is 0.0788. The van der Waals surface area contributed by atoms with Crippen LogP contribution in [0.4, 0.5) is 4.39 Å². The van der Waals surface area contributed by atoms with E-state index in [4.69, 9.17) is 4.74 Å². The van der Waals surface area contributed by atoms with Crippen molar-refractivity contribution in [1.29, 1.82) is 0 Å². The Labute approximate surface area is 137 Å². The molecule has 0 amide bonds. The molecule has 2 aromatic carbocycles. The third kappa shape index (κ3) is 2.68. The standard InChI is InChI=1S/C19H13FN2O2/c20-15-6-3-13(4-7-15)1-2-14-5-8-16-17(11-14)21-18-12-24-10-9-22(18)19(16)23/h3-8,11H,9-10,12H2. The van der Waals surface area contributed by atoms with Crippen molar-refractivity contribution in [3.8, 4) is 11.8 Å². The van der Waals surface area contributed by atoms with Gasteiger partial charge in [0.1, 0.15) is 18.2 Å². The van der Waals surface area contributed by atoms with E-state index >= 15 is 0 Å². The number of hydrogen-bond acceptors (Lipinski definition) is 3. The smallest absolute Gasteiger partial charge is 0.261 e. The summed E-state index contributed by atoms with van der Waals surface area (Å²) in [7, 11) is 0.